The lowest BCUT2D eigenvalue weighted by atomic mass is 10.2. The highest BCUT2D eigenvalue weighted by Gasteiger charge is 2.34. The first-order chi connectivity index (χ1) is 8.91. The zero-order chi connectivity index (χ0) is 14.0. The fourth-order valence-electron chi connectivity index (χ4n) is 2.30. The molecule has 0 aromatic carbocycles. The van der Waals surface area contributed by atoms with Crippen LogP contribution in [0.2, 0.25) is 0 Å². The highest BCUT2D eigenvalue weighted by Crippen LogP contribution is 2.18. The minimum Gasteiger partial charge on any atom is -0.339 e. The Bertz CT molecular complexity index is 566. The third-order valence-electron chi connectivity index (χ3n) is 3.18. The first-order valence-corrected chi connectivity index (χ1v) is 8.02. The second kappa shape index (κ2) is 5.28. The van der Waals surface area contributed by atoms with Gasteiger partial charge >= 0.3 is 0 Å². The Kier molecular flexibility index (Phi) is 3.88. The lowest BCUT2D eigenvalue weighted by molar-refractivity contribution is -0.132. The molecule has 1 aromatic heterocycles. The Labute approximate surface area is 111 Å². The molecule has 0 radical (unpaired) electrons. The highest BCUT2D eigenvalue weighted by molar-refractivity contribution is 7.91. The van der Waals surface area contributed by atoms with Gasteiger partial charge in [-0.15, -0.1) is 0 Å². The van der Waals surface area contributed by atoms with Crippen molar-refractivity contribution in [3.05, 3.63) is 11.7 Å². The van der Waals surface area contributed by atoms with Crippen LogP contribution in [0.25, 0.3) is 0 Å². The number of nitrogens with zero attached hydrogens (tertiary/aromatic N) is 3. The van der Waals surface area contributed by atoms with Gasteiger partial charge in [0.2, 0.25) is 11.8 Å². The number of carbonyl (C=O) groups is 1. The van der Waals surface area contributed by atoms with Gasteiger partial charge in [0.1, 0.15) is 6.42 Å². The van der Waals surface area contributed by atoms with E-state index in [4.69, 9.17) is 4.52 Å². The fraction of sp³-hybridized carbons (Fsp3) is 0.727. The molecule has 19 heavy (non-hydrogen) atoms. The molecule has 1 aliphatic heterocycles. The van der Waals surface area contributed by atoms with Crippen LogP contribution in [0.1, 0.15) is 25.1 Å². The van der Waals surface area contributed by atoms with E-state index in [-0.39, 0.29) is 35.8 Å². The standard InChI is InChI=1S/C11H17N3O4S/c1-3-14(9-4-5-19(16,17)7-9)11(15)6-10-12-8(2)13-18-10/h9H,3-7H2,1-2H3. The summed E-state index contributed by atoms with van der Waals surface area (Å²) in [4.78, 5) is 17.7. The second-order valence-corrected chi connectivity index (χ2v) is 6.88. The number of hydrogen-bond donors (Lipinski definition) is 0. The van der Waals surface area contributed by atoms with Crippen LogP contribution in [0.4, 0.5) is 0 Å². The molecule has 2 rings (SSSR count). The van der Waals surface area contributed by atoms with Gasteiger partial charge in [-0.3, -0.25) is 4.79 Å². The maximum absolute atomic E-state index is 12.2. The molecular weight excluding hydrogens is 270 g/mol. The SMILES string of the molecule is CCN(C(=O)Cc1nc(C)no1)C1CCS(=O)(=O)C1. The van der Waals surface area contributed by atoms with Crippen molar-refractivity contribution in [1.29, 1.82) is 0 Å². The van der Waals surface area contributed by atoms with E-state index in [0.717, 1.165) is 0 Å². The molecule has 1 aliphatic rings. The van der Waals surface area contributed by atoms with Gasteiger partial charge in [0.25, 0.3) is 0 Å². The average Bonchev–Trinajstić information content (AvgIpc) is 2.86. The molecule has 0 N–H and O–H groups in total. The summed E-state index contributed by atoms with van der Waals surface area (Å²) in [6, 6.07) is -0.230. The summed E-state index contributed by atoms with van der Waals surface area (Å²) in [5.74, 6) is 0.778. The smallest absolute Gasteiger partial charge is 0.236 e. The van der Waals surface area contributed by atoms with Crippen molar-refractivity contribution >= 4 is 15.7 Å². The summed E-state index contributed by atoms with van der Waals surface area (Å²) < 4.78 is 27.8. The second-order valence-electron chi connectivity index (χ2n) is 4.65. The topological polar surface area (TPSA) is 93.4 Å². The zero-order valence-corrected chi connectivity index (χ0v) is 11.8. The number of likely N-dealkylation sites (N-methyl/N-ethyl adjacent to an activating group) is 1. The van der Waals surface area contributed by atoms with Gasteiger partial charge in [-0.1, -0.05) is 5.16 Å². The number of sulfone groups is 1. The Morgan fingerprint density at radius 3 is 2.74 bits per heavy atom. The normalized spacial score (nSPS) is 21.5. The van der Waals surface area contributed by atoms with Crippen molar-refractivity contribution in [3.63, 3.8) is 0 Å². The van der Waals surface area contributed by atoms with Crippen LogP contribution < -0.4 is 0 Å². The van der Waals surface area contributed by atoms with Crippen molar-refractivity contribution in [2.24, 2.45) is 0 Å². The number of aryl methyl sites for hydroxylation is 1. The van der Waals surface area contributed by atoms with Crippen LogP contribution in [0.15, 0.2) is 4.52 Å². The van der Waals surface area contributed by atoms with E-state index in [9.17, 15) is 13.2 Å². The molecule has 0 bridgehead atoms. The molecule has 0 aliphatic carbocycles. The summed E-state index contributed by atoms with van der Waals surface area (Å²) in [5, 5.41) is 3.62. The minimum atomic E-state index is -3.00. The van der Waals surface area contributed by atoms with Gasteiger partial charge in [0, 0.05) is 12.6 Å². The van der Waals surface area contributed by atoms with Crippen LogP contribution in [0, 0.1) is 6.92 Å². The monoisotopic (exact) mass is 287 g/mol. The summed E-state index contributed by atoms with van der Waals surface area (Å²) in [6.07, 6.45) is 0.524. The molecular formula is C11H17N3O4S. The number of hydrogen-bond acceptors (Lipinski definition) is 6. The van der Waals surface area contributed by atoms with E-state index >= 15 is 0 Å². The van der Waals surface area contributed by atoms with E-state index in [0.29, 0.717) is 18.8 Å². The number of amides is 1. The summed E-state index contributed by atoms with van der Waals surface area (Å²) in [7, 11) is -3.00. The lowest BCUT2D eigenvalue weighted by Gasteiger charge is -2.26. The zero-order valence-electron chi connectivity index (χ0n) is 11.0. The summed E-state index contributed by atoms with van der Waals surface area (Å²) in [5.41, 5.74) is 0. The van der Waals surface area contributed by atoms with Crippen molar-refractivity contribution in [2.75, 3.05) is 18.1 Å². The van der Waals surface area contributed by atoms with Gasteiger partial charge in [0.15, 0.2) is 15.7 Å². The average molecular weight is 287 g/mol. The largest absolute Gasteiger partial charge is 0.339 e. The van der Waals surface area contributed by atoms with Crippen LogP contribution in [0.5, 0.6) is 0 Å². The predicted octanol–water partition coefficient (Wildman–Crippen LogP) is -0.0439. The first kappa shape index (κ1) is 14.0. The van der Waals surface area contributed by atoms with Crippen LogP contribution >= 0.6 is 0 Å². The molecule has 1 atom stereocenters. The Morgan fingerprint density at radius 1 is 1.53 bits per heavy atom. The molecule has 1 amide bonds. The highest BCUT2D eigenvalue weighted by atomic mass is 32.2. The van der Waals surface area contributed by atoms with E-state index in [1.807, 2.05) is 6.92 Å². The molecule has 1 saturated heterocycles. The number of rotatable bonds is 4. The van der Waals surface area contributed by atoms with Gasteiger partial charge in [-0.2, -0.15) is 4.98 Å². The molecule has 1 unspecified atom stereocenters. The number of aromatic nitrogens is 2. The van der Waals surface area contributed by atoms with Crippen molar-refractivity contribution in [3.8, 4) is 0 Å². The molecule has 106 valence electrons. The van der Waals surface area contributed by atoms with Crippen LogP contribution in [-0.4, -0.2) is 53.5 Å². The Balaban J connectivity index is 2.03. The van der Waals surface area contributed by atoms with E-state index < -0.39 is 9.84 Å². The van der Waals surface area contributed by atoms with Gasteiger partial charge in [-0.05, 0) is 20.3 Å². The summed E-state index contributed by atoms with van der Waals surface area (Å²) in [6.45, 7) is 3.99. The van der Waals surface area contributed by atoms with Crippen LogP contribution in [0.3, 0.4) is 0 Å². The van der Waals surface area contributed by atoms with Gasteiger partial charge in [-0.25, -0.2) is 8.42 Å². The quantitative estimate of drug-likeness (QED) is 0.771. The molecule has 7 nitrogen and oxygen atoms in total. The van der Waals surface area contributed by atoms with Crippen molar-refractivity contribution < 1.29 is 17.7 Å². The van der Waals surface area contributed by atoms with Crippen LogP contribution in [-0.2, 0) is 21.1 Å². The third kappa shape index (κ3) is 3.31. The molecule has 2 heterocycles. The van der Waals surface area contributed by atoms with E-state index in [1.54, 1.807) is 11.8 Å². The maximum atomic E-state index is 12.2. The predicted molar refractivity (Wildman–Crippen MR) is 67.2 cm³/mol. The Hall–Kier alpha value is -1.44. The number of carbonyl (C=O) groups excluding carboxylic acids is 1. The first-order valence-electron chi connectivity index (χ1n) is 6.20. The van der Waals surface area contributed by atoms with Crippen molar-refractivity contribution in [2.45, 2.75) is 32.7 Å². The molecule has 1 aromatic rings. The summed E-state index contributed by atoms with van der Waals surface area (Å²) >= 11 is 0. The molecule has 0 saturated carbocycles. The third-order valence-corrected chi connectivity index (χ3v) is 4.93. The van der Waals surface area contributed by atoms with Crippen molar-refractivity contribution in [1.82, 2.24) is 15.0 Å². The lowest BCUT2D eigenvalue weighted by Crippen LogP contribution is -2.41. The Morgan fingerprint density at radius 2 is 2.26 bits per heavy atom. The van der Waals surface area contributed by atoms with Gasteiger partial charge < -0.3 is 9.42 Å². The molecule has 8 heteroatoms. The minimum absolute atomic E-state index is 0.0191. The van der Waals surface area contributed by atoms with Gasteiger partial charge in [0.05, 0.1) is 11.5 Å². The van der Waals surface area contributed by atoms with E-state index in [1.165, 1.54) is 0 Å². The van der Waals surface area contributed by atoms with E-state index in [2.05, 4.69) is 10.1 Å². The fourth-order valence-corrected chi connectivity index (χ4v) is 4.03. The molecule has 1 fully saturated rings. The maximum Gasteiger partial charge on any atom is 0.236 e. The molecule has 0 spiro atoms.